The lowest BCUT2D eigenvalue weighted by atomic mass is 9.98. The summed E-state index contributed by atoms with van der Waals surface area (Å²) in [6, 6.07) is 14.2. The third-order valence-electron chi connectivity index (χ3n) is 9.92. The van der Waals surface area contributed by atoms with E-state index in [4.69, 9.17) is 30.9 Å². The molecule has 1 amide bonds. The Morgan fingerprint density at radius 3 is 2.22 bits per heavy atom. The van der Waals surface area contributed by atoms with E-state index in [1.165, 1.54) is 12.1 Å². The van der Waals surface area contributed by atoms with E-state index in [-0.39, 0.29) is 11.9 Å². The van der Waals surface area contributed by atoms with E-state index in [9.17, 15) is 14.0 Å². The van der Waals surface area contributed by atoms with Gasteiger partial charge < -0.3 is 23.7 Å². The van der Waals surface area contributed by atoms with Gasteiger partial charge in [0.1, 0.15) is 28.5 Å². The van der Waals surface area contributed by atoms with Gasteiger partial charge in [-0.2, -0.15) is 5.10 Å². The van der Waals surface area contributed by atoms with Crippen LogP contribution < -0.4 is 4.74 Å². The molecule has 1 saturated heterocycles. The fraction of sp³-hybridized carbons (Fsp3) is 0.465. The van der Waals surface area contributed by atoms with E-state index in [1.54, 1.807) is 11.0 Å². The first-order valence-electron chi connectivity index (χ1n) is 19.0. The van der Waals surface area contributed by atoms with Crippen molar-refractivity contribution in [3.05, 3.63) is 82.0 Å². The molecule has 0 N–H and O–H groups in total. The Morgan fingerprint density at radius 1 is 0.873 bits per heavy atom. The molecular formula is C43H53ClFN5O5. The van der Waals surface area contributed by atoms with Crippen molar-refractivity contribution in [2.24, 2.45) is 7.05 Å². The highest BCUT2D eigenvalue weighted by Crippen LogP contribution is 2.42. The van der Waals surface area contributed by atoms with Crippen molar-refractivity contribution in [3.8, 4) is 16.9 Å². The molecule has 10 nitrogen and oxygen atoms in total. The SMILES string of the molecule is Cc1nn(C)c(C)c1-c1c(Cl)ccc2c(CCCOc3cccc4cc(F)ccc34)c(C(=O)OC(C)(C)C)n(CCN3CCN(C(=O)OC(C)(C)C)CC3)c12. The Balaban J connectivity index is 1.38. The molecule has 0 radical (unpaired) electrons. The van der Waals surface area contributed by atoms with Crippen LogP contribution in [-0.4, -0.2) is 86.7 Å². The second-order valence-electron chi connectivity index (χ2n) is 16.4. The standard InChI is InChI=1S/C43H53ClFN5O5/c1-27-36(28(2)47(9)46-27)37-34(44)18-17-33-32(13-11-25-53-35-14-10-12-29-26-30(45)15-16-31(29)35)39(40(51)54-42(3,4)5)50(38(33)37)24-21-48-19-22-49(23-20-48)41(52)55-43(6,7)8/h10,12,14-18,26H,11,13,19-25H2,1-9H3. The third-order valence-corrected chi connectivity index (χ3v) is 10.2. The lowest BCUT2D eigenvalue weighted by Gasteiger charge is -2.35. The van der Waals surface area contributed by atoms with E-state index >= 15 is 0 Å². The molecule has 0 aliphatic carbocycles. The summed E-state index contributed by atoms with van der Waals surface area (Å²) in [6.07, 6.45) is 0.820. The maximum absolute atomic E-state index is 14.4. The monoisotopic (exact) mass is 773 g/mol. The smallest absolute Gasteiger partial charge is 0.410 e. The summed E-state index contributed by atoms with van der Waals surface area (Å²) in [6.45, 7) is 19.1. The summed E-state index contributed by atoms with van der Waals surface area (Å²) in [4.78, 5) is 31.3. The molecule has 1 aliphatic rings. The lowest BCUT2D eigenvalue weighted by Crippen LogP contribution is -2.50. The van der Waals surface area contributed by atoms with Gasteiger partial charge in [-0.15, -0.1) is 0 Å². The van der Waals surface area contributed by atoms with Crippen LogP contribution in [0.15, 0.2) is 48.5 Å². The summed E-state index contributed by atoms with van der Waals surface area (Å²) in [5, 5.41) is 7.81. The maximum atomic E-state index is 14.4. The van der Waals surface area contributed by atoms with Crippen molar-refractivity contribution in [1.29, 1.82) is 0 Å². The molecule has 0 saturated carbocycles. The van der Waals surface area contributed by atoms with Gasteiger partial charge in [0.2, 0.25) is 0 Å². The first kappa shape index (κ1) is 40.1. The Morgan fingerprint density at radius 2 is 1.56 bits per heavy atom. The molecule has 1 fully saturated rings. The predicted octanol–water partition coefficient (Wildman–Crippen LogP) is 9.12. The van der Waals surface area contributed by atoms with Gasteiger partial charge in [0.25, 0.3) is 0 Å². The minimum Gasteiger partial charge on any atom is -0.493 e. The van der Waals surface area contributed by atoms with Crippen molar-refractivity contribution in [2.75, 3.05) is 39.3 Å². The van der Waals surface area contributed by atoms with E-state index in [2.05, 4.69) is 9.47 Å². The highest BCUT2D eigenvalue weighted by atomic mass is 35.5. The van der Waals surface area contributed by atoms with Gasteiger partial charge in [-0.25, -0.2) is 14.0 Å². The quantitative estimate of drug-likeness (QED) is 0.103. The largest absolute Gasteiger partial charge is 0.493 e. The number of hydrogen-bond acceptors (Lipinski definition) is 7. The zero-order valence-electron chi connectivity index (χ0n) is 33.5. The van der Waals surface area contributed by atoms with Crippen molar-refractivity contribution in [2.45, 2.75) is 86.0 Å². The zero-order valence-corrected chi connectivity index (χ0v) is 34.3. The predicted molar refractivity (Wildman–Crippen MR) is 216 cm³/mol. The molecule has 2 aromatic heterocycles. The van der Waals surface area contributed by atoms with Crippen LogP contribution in [0, 0.1) is 19.7 Å². The normalized spacial score (nSPS) is 14.2. The van der Waals surface area contributed by atoms with Gasteiger partial charge in [-0.05, 0) is 110 Å². The molecule has 0 unspecified atom stereocenters. The van der Waals surface area contributed by atoms with Gasteiger partial charge in [0, 0.05) is 73.9 Å². The minimum atomic E-state index is -0.735. The van der Waals surface area contributed by atoms with Gasteiger partial charge in [0.15, 0.2) is 0 Å². The van der Waals surface area contributed by atoms with Crippen molar-refractivity contribution >= 4 is 45.3 Å². The summed E-state index contributed by atoms with van der Waals surface area (Å²) >= 11 is 7.13. The van der Waals surface area contributed by atoms with Crippen molar-refractivity contribution in [3.63, 3.8) is 0 Å². The molecule has 55 heavy (non-hydrogen) atoms. The van der Waals surface area contributed by atoms with Crippen LogP contribution in [0.3, 0.4) is 0 Å². The van der Waals surface area contributed by atoms with Gasteiger partial charge in [-0.1, -0.05) is 29.8 Å². The minimum absolute atomic E-state index is 0.296. The van der Waals surface area contributed by atoms with Gasteiger partial charge in [0.05, 0.1) is 22.8 Å². The number of esters is 1. The number of aromatic nitrogens is 3. The maximum Gasteiger partial charge on any atom is 0.410 e. The molecule has 12 heteroatoms. The number of nitrogens with zero attached hydrogens (tertiary/aromatic N) is 5. The summed E-state index contributed by atoms with van der Waals surface area (Å²) in [5.41, 5.74) is 4.46. The molecule has 3 aromatic carbocycles. The highest BCUT2D eigenvalue weighted by molar-refractivity contribution is 6.35. The summed E-state index contributed by atoms with van der Waals surface area (Å²) in [5.74, 6) is -0.0299. The average molecular weight is 774 g/mol. The number of halogens is 2. The Labute approximate surface area is 328 Å². The number of carbonyl (C=O) groups excluding carboxylic acids is 2. The molecule has 0 spiro atoms. The molecular weight excluding hydrogens is 721 g/mol. The number of benzene rings is 3. The van der Waals surface area contributed by atoms with E-state index in [0.29, 0.717) is 75.2 Å². The Kier molecular flexibility index (Phi) is 11.6. The number of carbonyl (C=O) groups is 2. The number of amides is 1. The molecule has 5 aromatic rings. The number of ether oxygens (including phenoxy) is 3. The topological polar surface area (TPSA) is 91.1 Å². The van der Waals surface area contributed by atoms with Crippen LogP contribution >= 0.6 is 11.6 Å². The Bertz CT molecular complexity index is 2220. The average Bonchev–Trinajstić information content (AvgIpc) is 3.55. The van der Waals surface area contributed by atoms with E-state index in [1.807, 2.05) is 97.5 Å². The molecule has 3 heterocycles. The molecule has 6 rings (SSSR count). The van der Waals surface area contributed by atoms with Crippen molar-refractivity contribution in [1.82, 2.24) is 24.1 Å². The lowest BCUT2D eigenvalue weighted by molar-refractivity contribution is 0.00509. The fourth-order valence-corrected chi connectivity index (χ4v) is 7.65. The Hall–Kier alpha value is -4.61. The van der Waals surface area contributed by atoms with Crippen LogP contribution in [0.4, 0.5) is 9.18 Å². The summed E-state index contributed by atoms with van der Waals surface area (Å²) in [7, 11) is 1.92. The second kappa shape index (κ2) is 15.9. The number of piperazine rings is 1. The number of rotatable bonds is 10. The molecule has 0 bridgehead atoms. The van der Waals surface area contributed by atoms with Gasteiger partial charge >= 0.3 is 12.1 Å². The van der Waals surface area contributed by atoms with Crippen LogP contribution in [0.25, 0.3) is 32.8 Å². The highest BCUT2D eigenvalue weighted by Gasteiger charge is 2.32. The third kappa shape index (κ3) is 8.94. The van der Waals surface area contributed by atoms with E-state index in [0.717, 1.165) is 49.8 Å². The fourth-order valence-electron chi connectivity index (χ4n) is 7.41. The molecule has 1 aliphatic heterocycles. The van der Waals surface area contributed by atoms with E-state index < -0.39 is 17.2 Å². The summed E-state index contributed by atoms with van der Waals surface area (Å²) < 4.78 is 35.9. The van der Waals surface area contributed by atoms with Crippen LogP contribution in [-0.2, 0) is 29.5 Å². The van der Waals surface area contributed by atoms with Crippen molar-refractivity contribution < 1.29 is 28.2 Å². The molecule has 294 valence electrons. The molecule has 0 atom stereocenters. The second-order valence-corrected chi connectivity index (χ2v) is 16.8. The number of fused-ring (bicyclic) bond motifs is 2. The van der Waals surface area contributed by atoms with Gasteiger partial charge in [-0.3, -0.25) is 9.58 Å². The van der Waals surface area contributed by atoms with Crippen LogP contribution in [0.1, 0.15) is 75.4 Å². The van der Waals surface area contributed by atoms with Crippen LogP contribution in [0.2, 0.25) is 5.02 Å². The first-order valence-corrected chi connectivity index (χ1v) is 19.4. The van der Waals surface area contributed by atoms with Crippen LogP contribution in [0.5, 0.6) is 5.75 Å². The number of aryl methyl sites for hydroxylation is 3. The number of hydrogen-bond donors (Lipinski definition) is 0. The zero-order chi connectivity index (χ0) is 39.8. The first-order chi connectivity index (χ1) is 25.9.